The number of aromatic nitrogens is 1. The Morgan fingerprint density at radius 1 is 1.42 bits per heavy atom. The molecule has 0 saturated carbocycles. The third-order valence-corrected chi connectivity index (χ3v) is 3.08. The molecule has 0 aliphatic rings. The van der Waals surface area contributed by atoms with Gasteiger partial charge in [-0.25, -0.2) is 4.79 Å². The Morgan fingerprint density at radius 3 is 2.79 bits per heavy atom. The molecule has 0 aliphatic carbocycles. The maximum absolute atomic E-state index is 11.9. The molecule has 4 nitrogen and oxygen atoms in total. The number of carbonyl (C=O) groups is 1. The summed E-state index contributed by atoms with van der Waals surface area (Å²) in [5.74, 6) is -0.0956. The first kappa shape index (κ1) is 13.9. The van der Waals surface area contributed by atoms with E-state index in [1.54, 1.807) is 32.0 Å². The average Bonchev–Trinajstić information content (AvgIpc) is 2.71. The van der Waals surface area contributed by atoms with Crippen LogP contribution in [0.5, 0.6) is 0 Å². The number of esters is 1. The number of nitrogens with zero attached hydrogens (tertiary/aromatic N) is 1. The predicted molar refractivity (Wildman–Crippen MR) is 72.7 cm³/mol. The normalized spacial score (nSPS) is 10.5. The molecule has 0 aliphatic heterocycles. The van der Waals surface area contributed by atoms with Crippen LogP contribution in [-0.4, -0.2) is 17.7 Å². The summed E-state index contributed by atoms with van der Waals surface area (Å²) in [7, 11) is 0. The van der Waals surface area contributed by atoms with Gasteiger partial charge < -0.3 is 9.26 Å². The zero-order valence-corrected chi connectivity index (χ0v) is 11.9. The van der Waals surface area contributed by atoms with E-state index >= 15 is 0 Å². The number of carbonyl (C=O) groups excluding carboxylic acids is 1. The number of halogens is 2. The Bertz CT molecular complexity index is 622. The molecule has 100 valence electrons. The molecular weight excluding hydrogens is 289 g/mol. The van der Waals surface area contributed by atoms with Gasteiger partial charge in [0.2, 0.25) is 0 Å². The van der Waals surface area contributed by atoms with Crippen LogP contribution in [0.3, 0.4) is 0 Å². The third kappa shape index (κ3) is 2.74. The van der Waals surface area contributed by atoms with Crippen LogP contribution in [0.15, 0.2) is 22.7 Å². The summed E-state index contributed by atoms with van der Waals surface area (Å²) < 4.78 is 10.0. The molecule has 1 aromatic heterocycles. The lowest BCUT2D eigenvalue weighted by atomic mass is 10.1. The van der Waals surface area contributed by atoms with Crippen LogP contribution in [0.2, 0.25) is 10.0 Å². The van der Waals surface area contributed by atoms with Gasteiger partial charge in [-0.15, -0.1) is 0 Å². The smallest absolute Gasteiger partial charge is 0.344 e. The van der Waals surface area contributed by atoms with E-state index in [1.165, 1.54) is 0 Å². The lowest BCUT2D eigenvalue weighted by Gasteiger charge is -2.04. The summed E-state index contributed by atoms with van der Waals surface area (Å²) in [6, 6.07) is 4.93. The number of benzene rings is 1. The van der Waals surface area contributed by atoms with Gasteiger partial charge in [-0.3, -0.25) is 0 Å². The second-order valence-corrected chi connectivity index (χ2v) is 4.65. The van der Waals surface area contributed by atoms with Gasteiger partial charge in [-0.1, -0.05) is 28.4 Å². The second kappa shape index (κ2) is 5.63. The molecule has 2 rings (SSSR count). The minimum absolute atomic E-state index is 0.275. The highest BCUT2D eigenvalue weighted by atomic mass is 35.5. The summed E-state index contributed by atoms with van der Waals surface area (Å²) in [5.41, 5.74) is 1.22. The zero-order chi connectivity index (χ0) is 14.0. The molecular formula is C13H11Cl2NO3. The minimum Gasteiger partial charge on any atom is -0.462 e. The van der Waals surface area contributed by atoms with Crippen LogP contribution in [0.25, 0.3) is 11.3 Å². The van der Waals surface area contributed by atoms with Gasteiger partial charge in [-0.05, 0) is 32.0 Å². The Balaban J connectivity index is 2.54. The molecule has 0 fully saturated rings. The van der Waals surface area contributed by atoms with Crippen molar-refractivity contribution in [3.05, 3.63) is 39.6 Å². The third-order valence-electron chi connectivity index (χ3n) is 2.53. The van der Waals surface area contributed by atoms with E-state index in [9.17, 15) is 4.79 Å². The van der Waals surface area contributed by atoms with Crippen molar-refractivity contribution in [1.29, 1.82) is 0 Å². The van der Waals surface area contributed by atoms with Crippen molar-refractivity contribution in [2.75, 3.05) is 6.61 Å². The van der Waals surface area contributed by atoms with Crippen molar-refractivity contribution >= 4 is 29.2 Å². The molecule has 2 aromatic rings. The largest absolute Gasteiger partial charge is 0.462 e. The molecule has 0 spiro atoms. The van der Waals surface area contributed by atoms with Crippen molar-refractivity contribution in [2.24, 2.45) is 0 Å². The molecule has 0 bridgehead atoms. The van der Waals surface area contributed by atoms with Crippen LogP contribution in [-0.2, 0) is 4.74 Å². The Hall–Kier alpha value is -1.52. The van der Waals surface area contributed by atoms with Gasteiger partial charge in [0.05, 0.1) is 11.6 Å². The molecule has 0 unspecified atom stereocenters. The van der Waals surface area contributed by atoms with E-state index in [0.29, 0.717) is 27.1 Å². The topological polar surface area (TPSA) is 52.3 Å². The molecule has 1 heterocycles. The van der Waals surface area contributed by atoms with Crippen molar-refractivity contribution < 1.29 is 14.1 Å². The molecule has 0 amide bonds. The fraction of sp³-hybridized carbons (Fsp3) is 0.231. The fourth-order valence-corrected chi connectivity index (χ4v) is 2.18. The van der Waals surface area contributed by atoms with Crippen molar-refractivity contribution in [1.82, 2.24) is 5.16 Å². The Morgan fingerprint density at radius 2 is 2.16 bits per heavy atom. The number of hydrogen-bond donors (Lipinski definition) is 0. The van der Waals surface area contributed by atoms with Crippen molar-refractivity contribution in [3.63, 3.8) is 0 Å². The molecule has 1 aromatic carbocycles. The minimum atomic E-state index is -0.484. The molecule has 0 saturated heterocycles. The van der Waals surface area contributed by atoms with Crippen molar-refractivity contribution in [3.8, 4) is 11.3 Å². The zero-order valence-electron chi connectivity index (χ0n) is 10.4. The van der Waals surface area contributed by atoms with E-state index in [-0.39, 0.29) is 12.2 Å². The highest BCUT2D eigenvalue weighted by Crippen LogP contribution is 2.33. The second-order valence-electron chi connectivity index (χ2n) is 3.81. The van der Waals surface area contributed by atoms with Gasteiger partial charge in [0.1, 0.15) is 17.0 Å². The van der Waals surface area contributed by atoms with Crippen LogP contribution < -0.4 is 0 Å². The van der Waals surface area contributed by atoms with Gasteiger partial charge in [0, 0.05) is 10.6 Å². The van der Waals surface area contributed by atoms with Crippen molar-refractivity contribution in [2.45, 2.75) is 13.8 Å². The number of ether oxygens (including phenoxy) is 1. The molecule has 6 heteroatoms. The lowest BCUT2D eigenvalue weighted by molar-refractivity contribution is 0.0525. The van der Waals surface area contributed by atoms with Crippen LogP contribution in [0.1, 0.15) is 23.0 Å². The summed E-state index contributed by atoms with van der Waals surface area (Å²) in [6.07, 6.45) is 0. The Kier molecular flexibility index (Phi) is 4.12. The standard InChI is InChI=1S/C13H11Cl2NO3/c1-3-18-13(17)11-7(2)19-16-12(11)9-5-4-8(14)6-10(9)15/h4-6H,3H2,1-2H3. The van der Waals surface area contributed by atoms with E-state index < -0.39 is 5.97 Å². The van der Waals surface area contributed by atoms with E-state index in [4.69, 9.17) is 32.5 Å². The number of hydrogen-bond acceptors (Lipinski definition) is 4. The molecule has 0 radical (unpaired) electrons. The summed E-state index contributed by atoms with van der Waals surface area (Å²) in [6.45, 7) is 3.65. The molecule has 0 atom stereocenters. The van der Waals surface area contributed by atoms with E-state index in [0.717, 1.165) is 0 Å². The maximum atomic E-state index is 11.9. The van der Waals surface area contributed by atoms with Gasteiger partial charge >= 0.3 is 5.97 Å². The summed E-state index contributed by atoms with van der Waals surface area (Å²) in [5, 5.41) is 4.78. The number of rotatable bonds is 3. The predicted octanol–water partition coefficient (Wildman–Crippen LogP) is 4.13. The fourth-order valence-electron chi connectivity index (χ4n) is 1.68. The van der Waals surface area contributed by atoms with Crippen LogP contribution in [0, 0.1) is 6.92 Å². The Labute approximate surface area is 120 Å². The highest BCUT2D eigenvalue weighted by Gasteiger charge is 2.24. The highest BCUT2D eigenvalue weighted by molar-refractivity contribution is 6.36. The SMILES string of the molecule is CCOC(=O)c1c(-c2ccc(Cl)cc2Cl)noc1C. The van der Waals surface area contributed by atoms with Crippen LogP contribution >= 0.6 is 23.2 Å². The average molecular weight is 300 g/mol. The summed E-state index contributed by atoms with van der Waals surface area (Å²) in [4.78, 5) is 11.9. The van der Waals surface area contributed by atoms with E-state index in [2.05, 4.69) is 5.16 Å². The lowest BCUT2D eigenvalue weighted by Crippen LogP contribution is -2.06. The molecule has 19 heavy (non-hydrogen) atoms. The van der Waals surface area contributed by atoms with Gasteiger partial charge in [0.15, 0.2) is 0 Å². The van der Waals surface area contributed by atoms with Gasteiger partial charge in [-0.2, -0.15) is 0 Å². The summed E-state index contributed by atoms with van der Waals surface area (Å²) >= 11 is 12.0. The monoisotopic (exact) mass is 299 g/mol. The first-order chi connectivity index (χ1) is 9.04. The van der Waals surface area contributed by atoms with Crippen LogP contribution in [0.4, 0.5) is 0 Å². The maximum Gasteiger partial charge on any atom is 0.344 e. The first-order valence-corrected chi connectivity index (χ1v) is 6.39. The van der Waals surface area contributed by atoms with Gasteiger partial charge in [0.25, 0.3) is 0 Å². The molecule has 0 N–H and O–H groups in total. The number of aryl methyl sites for hydroxylation is 1. The quantitative estimate of drug-likeness (QED) is 0.800. The first-order valence-electron chi connectivity index (χ1n) is 5.63. The van der Waals surface area contributed by atoms with E-state index in [1.807, 2.05) is 0 Å².